The van der Waals surface area contributed by atoms with Crippen LogP contribution in [-0.4, -0.2) is 26.2 Å². The molecule has 0 N–H and O–H groups in total. The van der Waals surface area contributed by atoms with Crippen molar-refractivity contribution in [2.24, 2.45) is 5.41 Å². The summed E-state index contributed by atoms with van der Waals surface area (Å²) in [6, 6.07) is 10.6. The van der Waals surface area contributed by atoms with Crippen molar-refractivity contribution < 1.29 is 27.1 Å². The van der Waals surface area contributed by atoms with E-state index in [1.807, 2.05) is 6.92 Å². The maximum absolute atomic E-state index is 15.1. The van der Waals surface area contributed by atoms with E-state index in [9.17, 15) is 24.1 Å². The van der Waals surface area contributed by atoms with Crippen molar-refractivity contribution in [2.45, 2.75) is 38.5 Å². The van der Waals surface area contributed by atoms with Gasteiger partial charge in [-0.1, -0.05) is 19.1 Å². The highest BCUT2D eigenvalue weighted by Gasteiger charge is 2.44. The molecule has 0 aliphatic rings. The zero-order valence-corrected chi connectivity index (χ0v) is 21.1. The minimum Gasteiger partial charge on any atom is -0.463 e. The van der Waals surface area contributed by atoms with Gasteiger partial charge in [-0.05, 0) is 38.0 Å². The molecule has 0 aromatic heterocycles. The van der Waals surface area contributed by atoms with Gasteiger partial charge in [0.1, 0.15) is 6.61 Å². The van der Waals surface area contributed by atoms with E-state index in [-0.39, 0.29) is 24.7 Å². The molecule has 0 unspecified atom stereocenters. The summed E-state index contributed by atoms with van der Waals surface area (Å²) in [5.41, 5.74) is -6.15. The van der Waals surface area contributed by atoms with E-state index in [0.29, 0.717) is 12.1 Å². The molecule has 0 aliphatic heterocycles. The van der Waals surface area contributed by atoms with E-state index >= 15 is 8.78 Å². The van der Waals surface area contributed by atoms with Gasteiger partial charge in [-0.25, -0.2) is 17.6 Å². The molecule has 0 radical (unpaired) electrons. The highest BCUT2D eigenvalue weighted by atomic mass is 19.2. The number of rotatable bonds is 9. The molecule has 2 aromatic rings. The SMILES string of the molecule is CCC(C)(C)C(=O)OCCN(C)c1ccc(C(C#N)(C#N)c2c(F)c(F)c(C(C#N)C#N)c(F)c2F)cc1. The van der Waals surface area contributed by atoms with Gasteiger partial charge < -0.3 is 9.64 Å². The number of esters is 1. The van der Waals surface area contributed by atoms with Crippen LogP contribution in [0.15, 0.2) is 24.3 Å². The summed E-state index contributed by atoms with van der Waals surface area (Å²) in [4.78, 5) is 13.8. The van der Waals surface area contributed by atoms with Gasteiger partial charge in [0.25, 0.3) is 0 Å². The Bertz CT molecular complexity index is 1340. The first-order chi connectivity index (χ1) is 17.9. The molecule has 0 atom stereocenters. The molecule has 0 amide bonds. The zero-order valence-electron chi connectivity index (χ0n) is 21.1. The molecule has 7 nitrogen and oxygen atoms in total. The van der Waals surface area contributed by atoms with E-state index in [4.69, 9.17) is 15.3 Å². The van der Waals surface area contributed by atoms with Gasteiger partial charge in [0.2, 0.25) is 0 Å². The Morgan fingerprint density at radius 1 is 0.947 bits per heavy atom. The van der Waals surface area contributed by atoms with Gasteiger partial charge in [0, 0.05) is 12.7 Å². The number of nitrogens with zero attached hydrogens (tertiary/aromatic N) is 5. The van der Waals surface area contributed by atoms with E-state index in [2.05, 4.69) is 0 Å². The Hall–Kier alpha value is -4.61. The van der Waals surface area contributed by atoms with Gasteiger partial charge >= 0.3 is 5.97 Å². The van der Waals surface area contributed by atoms with Crippen LogP contribution in [0, 0.1) is 74.0 Å². The second-order valence-electron chi connectivity index (χ2n) is 9.05. The highest BCUT2D eigenvalue weighted by Crippen LogP contribution is 2.40. The Kier molecular flexibility index (Phi) is 9.06. The normalized spacial score (nSPS) is 11.2. The Labute approximate surface area is 217 Å². The monoisotopic (exact) mass is 525 g/mol. The topological polar surface area (TPSA) is 125 Å². The van der Waals surface area contributed by atoms with Crippen LogP contribution < -0.4 is 4.90 Å². The number of ether oxygens (including phenoxy) is 1. The summed E-state index contributed by atoms with van der Waals surface area (Å²) in [6.45, 7) is 5.72. The van der Waals surface area contributed by atoms with Crippen LogP contribution in [0.25, 0.3) is 0 Å². The third-order valence-corrected chi connectivity index (χ3v) is 6.39. The van der Waals surface area contributed by atoms with Gasteiger partial charge in [0.15, 0.2) is 34.6 Å². The van der Waals surface area contributed by atoms with E-state index in [0.717, 1.165) is 0 Å². The average molecular weight is 526 g/mol. The first-order valence-corrected chi connectivity index (χ1v) is 11.3. The van der Waals surface area contributed by atoms with Crippen LogP contribution in [0.3, 0.4) is 0 Å². The number of carbonyl (C=O) groups excluding carboxylic acids is 1. The molecule has 0 heterocycles. The first-order valence-electron chi connectivity index (χ1n) is 11.3. The van der Waals surface area contributed by atoms with Crippen molar-refractivity contribution in [1.82, 2.24) is 0 Å². The lowest BCUT2D eigenvalue weighted by atomic mass is 9.75. The summed E-state index contributed by atoms with van der Waals surface area (Å²) in [6.07, 6.45) is 0.595. The van der Waals surface area contributed by atoms with E-state index in [1.54, 1.807) is 25.8 Å². The molecule has 0 fully saturated rings. The zero-order chi connectivity index (χ0) is 28.8. The molecule has 196 valence electrons. The fourth-order valence-corrected chi connectivity index (χ4v) is 3.51. The second kappa shape index (κ2) is 11.6. The number of carbonyl (C=O) groups is 1. The molecule has 0 spiro atoms. The smallest absolute Gasteiger partial charge is 0.311 e. The van der Waals surface area contributed by atoms with Crippen LogP contribution in [0.4, 0.5) is 23.2 Å². The molecular weight excluding hydrogens is 502 g/mol. The van der Waals surface area contributed by atoms with Gasteiger partial charge in [-0.3, -0.25) is 4.79 Å². The van der Waals surface area contributed by atoms with Crippen LogP contribution in [0.2, 0.25) is 0 Å². The number of benzene rings is 2. The summed E-state index contributed by atoms with van der Waals surface area (Å²) in [7, 11) is 1.67. The largest absolute Gasteiger partial charge is 0.463 e. The Balaban J connectivity index is 2.46. The molecule has 0 saturated carbocycles. The maximum atomic E-state index is 15.1. The molecule has 0 bridgehead atoms. The van der Waals surface area contributed by atoms with Crippen molar-refractivity contribution in [2.75, 3.05) is 25.1 Å². The number of halogens is 4. The lowest BCUT2D eigenvalue weighted by Crippen LogP contribution is -2.30. The lowest BCUT2D eigenvalue weighted by Gasteiger charge is -2.25. The molecule has 0 saturated heterocycles. The number of likely N-dealkylation sites (N-methyl/N-ethyl adjacent to an activating group) is 1. The number of hydrogen-bond acceptors (Lipinski definition) is 7. The van der Waals surface area contributed by atoms with Gasteiger partial charge in [-0.15, -0.1) is 0 Å². The molecule has 0 aliphatic carbocycles. The van der Waals surface area contributed by atoms with E-state index < -0.39 is 51.1 Å². The third kappa shape index (κ3) is 5.24. The molecule has 2 aromatic carbocycles. The van der Waals surface area contributed by atoms with Crippen molar-refractivity contribution >= 4 is 11.7 Å². The van der Waals surface area contributed by atoms with Crippen LogP contribution >= 0.6 is 0 Å². The van der Waals surface area contributed by atoms with Gasteiger partial charge in [0.05, 0.1) is 47.4 Å². The molecular formula is C27H23F4N5O2. The average Bonchev–Trinajstić information content (AvgIpc) is 2.92. The molecule has 11 heteroatoms. The van der Waals surface area contributed by atoms with Crippen LogP contribution in [0.5, 0.6) is 0 Å². The van der Waals surface area contributed by atoms with Crippen LogP contribution in [-0.2, 0) is 14.9 Å². The minimum atomic E-state index is -2.80. The van der Waals surface area contributed by atoms with Crippen molar-refractivity contribution in [3.05, 3.63) is 64.2 Å². The second-order valence-corrected chi connectivity index (χ2v) is 9.05. The van der Waals surface area contributed by atoms with Crippen LogP contribution in [0.1, 0.15) is 49.8 Å². The first kappa shape index (κ1) is 29.6. The van der Waals surface area contributed by atoms with Crippen molar-refractivity contribution in [3.63, 3.8) is 0 Å². The fourth-order valence-electron chi connectivity index (χ4n) is 3.51. The highest BCUT2D eigenvalue weighted by molar-refractivity contribution is 5.75. The lowest BCUT2D eigenvalue weighted by molar-refractivity contribution is -0.153. The predicted molar refractivity (Wildman–Crippen MR) is 127 cm³/mol. The Morgan fingerprint density at radius 2 is 1.45 bits per heavy atom. The summed E-state index contributed by atoms with van der Waals surface area (Å²) in [5, 5.41) is 37.5. The fraction of sp³-hybridized carbons (Fsp3) is 0.370. The van der Waals surface area contributed by atoms with Crippen molar-refractivity contribution in [1.29, 1.82) is 21.0 Å². The maximum Gasteiger partial charge on any atom is 0.311 e. The molecule has 38 heavy (non-hydrogen) atoms. The van der Waals surface area contributed by atoms with E-state index in [1.165, 1.54) is 48.5 Å². The number of anilines is 1. The van der Waals surface area contributed by atoms with Crippen molar-refractivity contribution in [3.8, 4) is 24.3 Å². The third-order valence-electron chi connectivity index (χ3n) is 6.39. The Morgan fingerprint density at radius 3 is 1.87 bits per heavy atom. The quantitative estimate of drug-likeness (QED) is 0.253. The number of nitriles is 4. The summed E-state index contributed by atoms with van der Waals surface area (Å²) in [5.74, 6) is -10.7. The summed E-state index contributed by atoms with van der Waals surface area (Å²) >= 11 is 0. The predicted octanol–water partition coefficient (Wildman–Crippen LogP) is 5.12. The number of hydrogen-bond donors (Lipinski definition) is 0. The minimum absolute atomic E-state index is 0.0640. The standard InChI is InChI=1S/C27H23F4N5O2/c1-5-26(2,3)25(37)38-11-10-36(4)18-8-6-17(7-9-18)27(14-34,15-35)20-23(30)21(28)19(16(12-32)13-33)22(29)24(20)31/h6-9,16H,5,10-11H2,1-4H3. The van der Waals surface area contributed by atoms with Gasteiger partial charge in [-0.2, -0.15) is 21.0 Å². The molecule has 2 rings (SSSR count). The summed E-state index contributed by atoms with van der Waals surface area (Å²) < 4.78 is 64.9.